The fourth-order valence-corrected chi connectivity index (χ4v) is 4.51. The first-order valence-electron chi connectivity index (χ1n) is 11.1. The van der Waals surface area contributed by atoms with Gasteiger partial charge >= 0.3 is 12.1 Å². The highest BCUT2D eigenvalue weighted by Gasteiger charge is 2.37. The summed E-state index contributed by atoms with van der Waals surface area (Å²) in [5, 5.41) is 0. The summed E-state index contributed by atoms with van der Waals surface area (Å²) in [6.45, 7) is 5.58. The summed E-state index contributed by atoms with van der Waals surface area (Å²) in [6.07, 6.45) is 2.05. The quantitative estimate of drug-likeness (QED) is 0.631. The lowest BCUT2D eigenvalue weighted by Crippen LogP contribution is -2.53. The van der Waals surface area contributed by atoms with E-state index in [1.54, 1.807) is 11.8 Å². The number of ether oxygens (including phenoxy) is 2. The molecule has 2 aromatic carbocycles. The molecule has 1 atom stereocenters. The average molecular weight is 423 g/mol. The van der Waals surface area contributed by atoms with E-state index in [0.717, 1.165) is 49.3 Å². The number of fused-ring (bicyclic) bond motifs is 3. The molecule has 0 radical (unpaired) electrons. The summed E-state index contributed by atoms with van der Waals surface area (Å²) >= 11 is 0. The first kappa shape index (κ1) is 21.4. The van der Waals surface area contributed by atoms with Gasteiger partial charge in [0.05, 0.1) is 19.6 Å². The third kappa shape index (κ3) is 5.44. The van der Waals surface area contributed by atoms with Gasteiger partial charge in [-0.2, -0.15) is 0 Å². The van der Waals surface area contributed by atoms with E-state index in [-0.39, 0.29) is 24.6 Å². The minimum Gasteiger partial charge on any atom is -0.466 e. The number of hydrogen-bond donors (Lipinski definition) is 0. The second kappa shape index (κ2) is 9.96. The van der Waals surface area contributed by atoms with Crippen LogP contribution in [-0.2, 0) is 27.2 Å². The largest absolute Gasteiger partial charge is 0.466 e. The molecule has 2 aromatic rings. The molecule has 5 rings (SSSR count). The van der Waals surface area contributed by atoms with Crippen LogP contribution in [0.2, 0.25) is 0 Å². The van der Waals surface area contributed by atoms with Crippen molar-refractivity contribution in [3.8, 4) is 0 Å². The average Bonchev–Trinajstić information content (AvgIpc) is 2.79. The SMILES string of the molecule is CCOC(=O)Cc1cccc(CN(C(=O)OC2CN3CCC2CC3)c2ccccc2)c1. The minimum absolute atomic E-state index is 0.0450. The van der Waals surface area contributed by atoms with Crippen LogP contribution in [0.15, 0.2) is 54.6 Å². The van der Waals surface area contributed by atoms with Crippen molar-refractivity contribution < 1.29 is 19.1 Å². The number of rotatable bonds is 7. The minimum atomic E-state index is -0.319. The highest BCUT2D eigenvalue weighted by Crippen LogP contribution is 2.30. The maximum absolute atomic E-state index is 13.3. The topological polar surface area (TPSA) is 59.1 Å². The van der Waals surface area contributed by atoms with Crippen molar-refractivity contribution in [2.24, 2.45) is 5.92 Å². The van der Waals surface area contributed by atoms with Crippen molar-refractivity contribution in [1.29, 1.82) is 0 Å². The van der Waals surface area contributed by atoms with E-state index < -0.39 is 0 Å². The zero-order valence-corrected chi connectivity index (χ0v) is 18.0. The van der Waals surface area contributed by atoms with Crippen LogP contribution in [0.4, 0.5) is 10.5 Å². The lowest BCUT2D eigenvalue weighted by atomic mass is 9.86. The third-order valence-corrected chi connectivity index (χ3v) is 6.12. The Balaban J connectivity index is 1.49. The van der Waals surface area contributed by atoms with Gasteiger partial charge < -0.3 is 9.47 Å². The molecule has 3 aliphatic rings. The number of benzene rings is 2. The number of piperidine rings is 3. The number of carbonyl (C=O) groups is 2. The van der Waals surface area contributed by atoms with Crippen LogP contribution in [0.25, 0.3) is 0 Å². The number of amides is 1. The number of para-hydroxylation sites is 1. The molecular formula is C25H30N2O4. The van der Waals surface area contributed by atoms with Crippen LogP contribution in [0.5, 0.6) is 0 Å². The molecule has 0 saturated carbocycles. The van der Waals surface area contributed by atoms with E-state index in [4.69, 9.17) is 9.47 Å². The van der Waals surface area contributed by atoms with Crippen LogP contribution in [0.1, 0.15) is 30.9 Å². The number of anilines is 1. The molecule has 2 bridgehead atoms. The van der Waals surface area contributed by atoms with Crippen molar-refractivity contribution in [3.05, 3.63) is 65.7 Å². The van der Waals surface area contributed by atoms with E-state index in [1.165, 1.54) is 0 Å². The van der Waals surface area contributed by atoms with E-state index in [2.05, 4.69) is 4.90 Å². The van der Waals surface area contributed by atoms with Gasteiger partial charge in [-0.3, -0.25) is 14.6 Å². The Hall–Kier alpha value is -2.86. The maximum atomic E-state index is 13.3. The molecule has 31 heavy (non-hydrogen) atoms. The molecule has 3 aliphatic heterocycles. The predicted molar refractivity (Wildman–Crippen MR) is 119 cm³/mol. The van der Waals surface area contributed by atoms with Gasteiger partial charge in [0, 0.05) is 12.2 Å². The van der Waals surface area contributed by atoms with Gasteiger partial charge in [-0.15, -0.1) is 0 Å². The normalized spacial score (nSPS) is 22.0. The molecule has 0 spiro atoms. The van der Waals surface area contributed by atoms with Gasteiger partial charge in [-0.1, -0.05) is 42.5 Å². The molecule has 6 heteroatoms. The lowest BCUT2D eigenvalue weighted by Gasteiger charge is -2.44. The van der Waals surface area contributed by atoms with Gasteiger partial charge in [0.1, 0.15) is 6.10 Å². The zero-order chi connectivity index (χ0) is 21.6. The third-order valence-electron chi connectivity index (χ3n) is 6.12. The smallest absolute Gasteiger partial charge is 0.414 e. The van der Waals surface area contributed by atoms with E-state index in [9.17, 15) is 9.59 Å². The highest BCUT2D eigenvalue weighted by molar-refractivity contribution is 5.87. The van der Waals surface area contributed by atoms with Crippen molar-refractivity contribution >= 4 is 17.7 Å². The molecule has 1 amide bonds. The summed E-state index contributed by atoms with van der Waals surface area (Å²) in [7, 11) is 0. The Bertz CT molecular complexity index is 893. The summed E-state index contributed by atoms with van der Waals surface area (Å²) in [5.74, 6) is 0.209. The van der Waals surface area contributed by atoms with Crippen molar-refractivity contribution in [2.45, 2.75) is 38.8 Å². The van der Waals surface area contributed by atoms with Gasteiger partial charge in [0.15, 0.2) is 0 Å². The summed E-state index contributed by atoms with van der Waals surface area (Å²) in [6, 6.07) is 17.3. The van der Waals surface area contributed by atoms with Crippen LogP contribution in [-0.4, -0.2) is 49.3 Å². The molecule has 3 fully saturated rings. The molecule has 0 aromatic heterocycles. The van der Waals surface area contributed by atoms with Crippen molar-refractivity contribution in [2.75, 3.05) is 31.1 Å². The fourth-order valence-electron chi connectivity index (χ4n) is 4.51. The maximum Gasteiger partial charge on any atom is 0.414 e. The number of esters is 1. The summed E-state index contributed by atoms with van der Waals surface area (Å²) in [5.41, 5.74) is 2.61. The molecule has 3 saturated heterocycles. The van der Waals surface area contributed by atoms with Crippen molar-refractivity contribution in [1.82, 2.24) is 4.90 Å². The van der Waals surface area contributed by atoms with E-state index >= 15 is 0 Å². The Kier molecular flexibility index (Phi) is 6.87. The Morgan fingerprint density at radius 1 is 1.03 bits per heavy atom. The monoisotopic (exact) mass is 422 g/mol. The fraction of sp³-hybridized carbons (Fsp3) is 0.440. The first-order valence-corrected chi connectivity index (χ1v) is 11.1. The zero-order valence-electron chi connectivity index (χ0n) is 18.0. The Morgan fingerprint density at radius 2 is 1.77 bits per heavy atom. The van der Waals surface area contributed by atoms with Crippen LogP contribution >= 0.6 is 0 Å². The summed E-state index contributed by atoms with van der Waals surface area (Å²) in [4.78, 5) is 29.2. The second-order valence-electron chi connectivity index (χ2n) is 8.28. The number of hydrogen-bond acceptors (Lipinski definition) is 5. The van der Waals surface area contributed by atoms with Gasteiger partial charge in [0.25, 0.3) is 0 Å². The molecule has 0 aliphatic carbocycles. The number of nitrogens with zero attached hydrogens (tertiary/aromatic N) is 2. The van der Waals surface area contributed by atoms with Crippen LogP contribution in [0, 0.1) is 5.92 Å². The van der Waals surface area contributed by atoms with Crippen LogP contribution in [0.3, 0.4) is 0 Å². The Labute approximate surface area is 183 Å². The van der Waals surface area contributed by atoms with Gasteiger partial charge in [0.2, 0.25) is 0 Å². The van der Waals surface area contributed by atoms with Crippen molar-refractivity contribution in [3.63, 3.8) is 0 Å². The molecule has 0 N–H and O–H groups in total. The second-order valence-corrected chi connectivity index (χ2v) is 8.28. The van der Waals surface area contributed by atoms with Gasteiger partial charge in [-0.05, 0) is 62.0 Å². The Morgan fingerprint density at radius 3 is 2.45 bits per heavy atom. The van der Waals surface area contributed by atoms with Crippen LogP contribution < -0.4 is 4.90 Å². The van der Waals surface area contributed by atoms with E-state index in [0.29, 0.717) is 19.1 Å². The first-order chi connectivity index (χ1) is 15.1. The van der Waals surface area contributed by atoms with E-state index in [1.807, 2.05) is 54.6 Å². The molecular weight excluding hydrogens is 392 g/mol. The predicted octanol–water partition coefficient (Wildman–Crippen LogP) is 4.03. The molecule has 6 nitrogen and oxygen atoms in total. The molecule has 164 valence electrons. The molecule has 3 heterocycles. The highest BCUT2D eigenvalue weighted by atomic mass is 16.6. The summed E-state index contributed by atoms with van der Waals surface area (Å²) < 4.78 is 11.1. The standard InChI is InChI=1S/C25H30N2O4/c1-2-30-24(28)16-19-7-6-8-20(15-19)17-27(22-9-4-3-5-10-22)25(29)31-23-18-26-13-11-21(23)12-14-26/h3-10,15,21,23H,2,11-14,16-18H2,1H3. The molecule has 1 unspecified atom stereocenters. The number of carbonyl (C=O) groups excluding carboxylic acids is 2. The lowest BCUT2D eigenvalue weighted by molar-refractivity contribution is -0.142. The van der Waals surface area contributed by atoms with Gasteiger partial charge in [-0.25, -0.2) is 4.79 Å².